The first kappa shape index (κ1) is 20.8. The van der Waals surface area contributed by atoms with Gasteiger partial charge in [0.15, 0.2) is 5.13 Å². The number of amides is 2. The summed E-state index contributed by atoms with van der Waals surface area (Å²) >= 11 is 1.60. The lowest BCUT2D eigenvalue weighted by Gasteiger charge is -2.37. The molecule has 0 unspecified atom stereocenters. The molecule has 3 N–H and O–H groups in total. The summed E-state index contributed by atoms with van der Waals surface area (Å²) in [6.45, 7) is 3.44. The normalized spacial score (nSPS) is 22.6. The van der Waals surface area contributed by atoms with Crippen LogP contribution in [0.5, 0.6) is 0 Å². The highest BCUT2D eigenvalue weighted by atomic mass is 32.1. The summed E-state index contributed by atoms with van der Waals surface area (Å²) in [6.07, 6.45) is 7.11. The fourth-order valence-corrected chi connectivity index (χ4v) is 5.34. The number of nitrogens with one attached hydrogen (secondary N) is 1. The fourth-order valence-electron chi connectivity index (χ4n) is 4.67. The van der Waals surface area contributed by atoms with Crippen molar-refractivity contribution >= 4 is 34.1 Å². The summed E-state index contributed by atoms with van der Waals surface area (Å²) in [5.74, 6) is 0.369. The lowest BCUT2D eigenvalue weighted by molar-refractivity contribution is -0.143. The fraction of sp³-hybridized carbons (Fsp3) is 0.545. The molecule has 1 saturated carbocycles. The second kappa shape index (κ2) is 9.12. The molecule has 2 aliphatic rings. The number of pyridine rings is 1. The van der Waals surface area contributed by atoms with Crippen molar-refractivity contribution < 1.29 is 9.59 Å². The van der Waals surface area contributed by atoms with E-state index in [-0.39, 0.29) is 23.7 Å². The van der Waals surface area contributed by atoms with Gasteiger partial charge in [-0.15, -0.1) is 11.3 Å². The summed E-state index contributed by atoms with van der Waals surface area (Å²) in [4.78, 5) is 37.1. The third-order valence-corrected chi connectivity index (χ3v) is 7.13. The molecule has 2 fully saturated rings. The number of piperidine rings is 1. The topological polar surface area (TPSA) is 101 Å². The van der Waals surface area contributed by atoms with Gasteiger partial charge in [0.25, 0.3) is 0 Å². The van der Waals surface area contributed by atoms with E-state index >= 15 is 0 Å². The number of nitrogens with zero attached hydrogens (tertiary/aromatic N) is 3. The van der Waals surface area contributed by atoms with E-state index in [4.69, 9.17) is 10.7 Å². The van der Waals surface area contributed by atoms with E-state index in [1.54, 1.807) is 11.3 Å². The zero-order valence-corrected chi connectivity index (χ0v) is 18.2. The molecule has 7 nitrogen and oxygen atoms in total. The Bertz CT molecular complexity index is 906. The lowest BCUT2D eigenvalue weighted by Crippen LogP contribution is -2.46. The molecule has 0 bridgehead atoms. The van der Waals surface area contributed by atoms with Crippen molar-refractivity contribution in [2.24, 2.45) is 17.6 Å². The van der Waals surface area contributed by atoms with Crippen molar-refractivity contribution in [3.63, 3.8) is 0 Å². The predicted molar refractivity (Wildman–Crippen MR) is 118 cm³/mol. The van der Waals surface area contributed by atoms with Gasteiger partial charge < -0.3 is 16.0 Å². The number of anilines is 2. The summed E-state index contributed by atoms with van der Waals surface area (Å²) in [5, 5.41) is 4.12. The average molecular weight is 428 g/mol. The van der Waals surface area contributed by atoms with Gasteiger partial charge in [-0.05, 0) is 44.7 Å². The number of aryl methyl sites for hydroxylation is 1. The number of rotatable bonds is 5. The maximum Gasteiger partial charge on any atom is 0.226 e. The van der Waals surface area contributed by atoms with Gasteiger partial charge >= 0.3 is 0 Å². The zero-order valence-electron chi connectivity index (χ0n) is 17.3. The number of thiazole rings is 1. The van der Waals surface area contributed by atoms with E-state index in [2.05, 4.69) is 16.4 Å². The Balaban J connectivity index is 1.37. The SMILES string of the molecule is Cc1cnc(Nc2cccc(C3CCN(C(=O)[C@H]4CCCC[C@H]4C(N)=O)CC3)n2)s1. The molecule has 0 aromatic carbocycles. The number of hydrogen-bond donors (Lipinski definition) is 2. The van der Waals surface area contributed by atoms with Gasteiger partial charge in [-0.25, -0.2) is 9.97 Å². The smallest absolute Gasteiger partial charge is 0.226 e. The molecule has 2 amide bonds. The molecule has 1 aliphatic carbocycles. The Labute approximate surface area is 181 Å². The minimum absolute atomic E-state index is 0.111. The molecular weight excluding hydrogens is 398 g/mol. The summed E-state index contributed by atoms with van der Waals surface area (Å²) in [7, 11) is 0. The summed E-state index contributed by atoms with van der Waals surface area (Å²) in [5.41, 5.74) is 6.62. The van der Waals surface area contributed by atoms with Crippen molar-refractivity contribution in [2.75, 3.05) is 18.4 Å². The third-order valence-electron chi connectivity index (χ3n) is 6.30. The maximum absolute atomic E-state index is 13.1. The number of nitrogens with two attached hydrogens (primary N) is 1. The molecule has 8 heteroatoms. The molecular formula is C22H29N5O2S. The summed E-state index contributed by atoms with van der Waals surface area (Å²) in [6, 6.07) is 6.03. The quantitative estimate of drug-likeness (QED) is 0.759. The third kappa shape index (κ3) is 4.64. The monoisotopic (exact) mass is 427 g/mol. The number of carbonyl (C=O) groups excluding carboxylic acids is 2. The van der Waals surface area contributed by atoms with E-state index in [9.17, 15) is 9.59 Å². The molecule has 4 rings (SSSR count). The molecule has 0 spiro atoms. The van der Waals surface area contributed by atoms with E-state index in [0.717, 1.165) is 60.0 Å². The van der Waals surface area contributed by atoms with Crippen molar-refractivity contribution in [1.82, 2.24) is 14.9 Å². The molecule has 2 aromatic heterocycles. The van der Waals surface area contributed by atoms with Crippen molar-refractivity contribution in [2.45, 2.75) is 51.4 Å². The van der Waals surface area contributed by atoms with Crippen LogP contribution >= 0.6 is 11.3 Å². The molecule has 2 aromatic rings. The van der Waals surface area contributed by atoms with Crippen LogP contribution in [0, 0.1) is 18.8 Å². The highest BCUT2D eigenvalue weighted by molar-refractivity contribution is 7.15. The number of likely N-dealkylation sites (tertiary alicyclic amines) is 1. The Morgan fingerprint density at radius 2 is 1.87 bits per heavy atom. The molecule has 2 atom stereocenters. The number of hydrogen-bond acceptors (Lipinski definition) is 6. The first-order chi connectivity index (χ1) is 14.5. The Morgan fingerprint density at radius 1 is 1.13 bits per heavy atom. The second-order valence-corrected chi connectivity index (χ2v) is 9.58. The Hall–Kier alpha value is -2.48. The maximum atomic E-state index is 13.1. The van der Waals surface area contributed by atoms with E-state index in [1.165, 1.54) is 0 Å². The van der Waals surface area contributed by atoms with Crippen LogP contribution < -0.4 is 11.1 Å². The zero-order chi connectivity index (χ0) is 21.1. The van der Waals surface area contributed by atoms with Crippen LogP contribution in [0.15, 0.2) is 24.4 Å². The van der Waals surface area contributed by atoms with Crippen LogP contribution in [0.25, 0.3) is 0 Å². The highest BCUT2D eigenvalue weighted by Gasteiger charge is 2.37. The van der Waals surface area contributed by atoms with Crippen LogP contribution in [0.1, 0.15) is 55.0 Å². The first-order valence-electron chi connectivity index (χ1n) is 10.8. The van der Waals surface area contributed by atoms with E-state index in [0.29, 0.717) is 19.0 Å². The Morgan fingerprint density at radius 3 is 2.53 bits per heavy atom. The number of primary amides is 1. The van der Waals surface area contributed by atoms with Gasteiger partial charge in [-0.3, -0.25) is 9.59 Å². The van der Waals surface area contributed by atoms with Crippen LogP contribution in [0.3, 0.4) is 0 Å². The van der Waals surface area contributed by atoms with Gasteiger partial charge in [0.2, 0.25) is 11.8 Å². The predicted octanol–water partition coefficient (Wildman–Crippen LogP) is 3.59. The van der Waals surface area contributed by atoms with Crippen molar-refractivity contribution in [3.05, 3.63) is 35.0 Å². The van der Waals surface area contributed by atoms with Gasteiger partial charge in [0.05, 0.1) is 0 Å². The van der Waals surface area contributed by atoms with Gasteiger partial charge in [0.1, 0.15) is 5.82 Å². The minimum Gasteiger partial charge on any atom is -0.369 e. The molecule has 0 radical (unpaired) electrons. The van der Waals surface area contributed by atoms with Crippen LogP contribution in [0.4, 0.5) is 10.9 Å². The van der Waals surface area contributed by atoms with Gasteiger partial charge in [0, 0.05) is 47.6 Å². The lowest BCUT2D eigenvalue weighted by atomic mass is 9.77. The van der Waals surface area contributed by atoms with Crippen molar-refractivity contribution in [1.29, 1.82) is 0 Å². The van der Waals surface area contributed by atoms with Crippen LogP contribution in [-0.2, 0) is 9.59 Å². The Kier molecular flexibility index (Phi) is 6.32. The van der Waals surface area contributed by atoms with E-state index in [1.807, 2.05) is 30.2 Å². The minimum atomic E-state index is -0.327. The van der Waals surface area contributed by atoms with Crippen LogP contribution in [0.2, 0.25) is 0 Å². The molecule has 3 heterocycles. The van der Waals surface area contributed by atoms with Crippen molar-refractivity contribution in [3.8, 4) is 0 Å². The largest absolute Gasteiger partial charge is 0.369 e. The van der Waals surface area contributed by atoms with Gasteiger partial charge in [-0.1, -0.05) is 18.9 Å². The second-order valence-electron chi connectivity index (χ2n) is 8.35. The highest BCUT2D eigenvalue weighted by Crippen LogP contribution is 2.34. The molecule has 1 aliphatic heterocycles. The molecule has 1 saturated heterocycles. The van der Waals surface area contributed by atoms with Gasteiger partial charge in [-0.2, -0.15) is 0 Å². The van der Waals surface area contributed by atoms with Crippen LogP contribution in [-0.4, -0.2) is 39.8 Å². The molecule has 30 heavy (non-hydrogen) atoms. The standard InChI is InChI=1S/C22H29N5O2S/c1-14-13-24-22(30-14)26-19-8-4-7-18(25-19)15-9-11-27(12-10-15)21(29)17-6-3-2-5-16(17)20(23)28/h4,7-8,13,15-17H,2-3,5-6,9-12H2,1H3,(H2,23,28)(H,24,25,26)/t16-,17+/m1/s1. The average Bonchev–Trinajstić information content (AvgIpc) is 3.18. The number of aromatic nitrogens is 2. The number of carbonyl (C=O) groups is 2. The van der Waals surface area contributed by atoms with E-state index < -0.39 is 0 Å². The first-order valence-corrected chi connectivity index (χ1v) is 11.6. The summed E-state index contributed by atoms with van der Waals surface area (Å²) < 4.78 is 0. The molecule has 160 valence electrons.